The number of guanidine groups is 1. The molecule has 1 heterocycles. The van der Waals surface area contributed by atoms with Gasteiger partial charge in [-0.25, -0.2) is 4.79 Å². The molecule has 1 aliphatic heterocycles. The van der Waals surface area contributed by atoms with Crippen molar-refractivity contribution in [3.05, 3.63) is 71.8 Å². The number of carbonyl (C=O) groups excluding carboxylic acids is 12. The Labute approximate surface area is 546 Å². The van der Waals surface area contributed by atoms with Gasteiger partial charge in [-0.1, -0.05) is 122 Å². The van der Waals surface area contributed by atoms with Gasteiger partial charge in [0.25, 0.3) is 0 Å². The largest absolute Gasteiger partial charge is 0.453 e. The summed E-state index contributed by atoms with van der Waals surface area (Å²) >= 11 is 0. The summed E-state index contributed by atoms with van der Waals surface area (Å²) in [4.78, 5) is 175. The van der Waals surface area contributed by atoms with E-state index in [-0.39, 0.29) is 75.0 Å². The van der Waals surface area contributed by atoms with Crippen molar-refractivity contribution in [2.24, 2.45) is 57.5 Å². The predicted molar refractivity (Wildman–Crippen MR) is 341 cm³/mol. The third kappa shape index (κ3) is 25.2. The van der Waals surface area contributed by atoms with E-state index in [0.717, 1.165) is 12.5 Å². The molecule has 15 atom stereocenters. The number of cyclic esters (lactones) is 1. The first-order chi connectivity index (χ1) is 44.2. The standard InChI is InChI=1S/C62H97N15O17/c1-10-33(8)43-57(89)75-44(34(9)79)56(88)68-28-42(80)73-46(49(82)51(64)83)59(91)72-41(29-78)61(93)94-50(36-20-15-12-16-21-36)47(77-55(87)40(25-31(4)5)70-52(84)37(27-63)26-35-18-13-11-14-19-35)60(92)76-45(48(81)32(6)7)58(90)71-39(24-30(2)3)54(86)69-38(53(85)74-43)22-17-23-67-62(65)66/h11-16,18-21,30-34,37-41,43-50,78-79,81-82H,10,17,22-29,63H2,1-9H3,(H2,64,83)(H,68,88)(H,69,86)(H,70,84)(H,71,90)(H,72,91)(H,73,80)(H,74,85)(H,75,89)(H,76,92)(H,77,87)(H4,65,66,67)/t33-,34-,37-,38+,39-,40-,41-,43-,44-,45-,46-,47-,48+,49-,50+/m0/s1. The molecule has 2 aromatic carbocycles. The van der Waals surface area contributed by atoms with Crippen molar-refractivity contribution >= 4 is 76.9 Å². The molecule has 1 saturated heterocycles. The van der Waals surface area contributed by atoms with Gasteiger partial charge < -0.3 is 101 Å². The maximum Gasteiger partial charge on any atom is 0.331 e. The van der Waals surface area contributed by atoms with Crippen LogP contribution < -0.4 is 76.1 Å². The number of hydrogen-bond donors (Lipinski definition) is 18. The number of aliphatic hydroxyl groups excluding tert-OH is 4. The molecule has 0 bridgehead atoms. The van der Waals surface area contributed by atoms with Gasteiger partial charge in [0.2, 0.25) is 65.0 Å². The van der Waals surface area contributed by atoms with Crippen LogP contribution in [0.15, 0.2) is 65.7 Å². The van der Waals surface area contributed by atoms with Gasteiger partial charge in [-0.15, -0.1) is 0 Å². The fraction of sp³-hybridized carbons (Fsp3) is 0.597. The van der Waals surface area contributed by atoms with E-state index in [4.69, 9.17) is 27.7 Å². The minimum Gasteiger partial charge on any atom is -0.453 e. The summed E-state index contributed by atoms with van der Waals surface area (Å²) in [5.74, 6) is -18.0. The number of nitrogens with two attached hydrogens (primary N) is 4. The minimum atomic E-state index is -2.58. The molecule has 3 rings (SSSR count). The molecule has 0 aromatic heterocycles. The molecular formula is C62H97N15O17. The van der Waals surface area contributed by atoms with Crippen molar-refractivity contribution < 1.29 is 82.7 Å². The zero-order valence-electron chi connectivity index (χ0n) is 54.6. The van der Waals surface area contributed by atoms with Crippen LogP contribution in [0.5, 0.6) is 0 Å². The SMILES string of the molecule is CC[C@H](C)[C@@H]1NC(=O)[C@@H](CCCN=C(N)N)NC(=O)[C@H](CC(C)C)NC(=O)[C@H]([C@H](O)C(C)C)NC(=O)[C@@H](NC(=O)[C@H](CC(C)C)NC(=O)[C@H](CN)Cc2ccccc2)[C@@H](c2ccccc2)OC(=O)[C@H](CO)NC(=O)[C@H]([C@H](O)C(N)=O)NC(=O)CNC(=O)[C@H]([C@H](C)O)NC1=O. The number of aliphatic imine (C=N–C) groups is 1. The quantitative estimate of drug-likeness (QED) is 0.0203. The molecule has 0 saturated carbocycles. The molecule has 0 radical (unpaired) electrons. The Hall–Kier alpha value is -8.85. The maximum atomic E-state index is 15.5. The average molecular weight is 1320 g/mol. The van der Waals surface area contributed by atoms with Gasteiger partial charge in [0.1, 0.15) is 48.3 Å². The van der Waals surface area contributed by atoms with Gasteiger partial charge in [-0.05, 0) is 73.8 Å². The molecule has 0 unspecified atom stereocenters. The first kappa shape index (κ1) is 79.4. The second kappa shape index (κ2) is 39.0. The van der Waals surface area contributed by atoms with Crippen LogP contribution in [0.3, 0.4) is 0 Å². The van der Waals surface area contributed by atoms with Gasteiger partial charge >= 0.3 is 5.97 Å². The zero-order chi connectivity index (χ0) is 70.7. The number of carbonyl (C=O) groups is 12. The highest BCUT2D eigenvalue weighted by atomic mass is 16.5. The second-order valence-corrected chi connectivity index (χ2v) is 24.4. The van der Waals surface area contributed by atoms with E-state index in [1.54, 1.807) is 71.9 Å². The molecule has 1 aliphatic rings. The summed E-state index contributed by atoms with van der Waals surface area (Å²) < 4.78 is 5.96. The van der Waals surface area contributed by atoms with E-state index >= 15 is 9.59 Å². The number of primary amides is 1. The molecule has 32 heteroatoms. The highest BCUT2D eigenvalue weighted by Crippen LogP contribution is 2.25. The summed E-state index contributed by atoms with van der Waals surface area (Å²) in [6.07, 6.45) is -8.13. The second-order valence-electron chi connectivity index (χ2n) is 24.4. The Balaban J connectivity index is 2.41. The minimum absolute atomic E-state index is 0.0435. The van der Waals surface area contributed by atoms with E-state index in [1.165, 1.54) is 44.2 Å². The fourth-order valence-electron chi connectivity index (χ4n) is 9.83. The first-order valence-electron chi connectivity index (χ1n) is 31.2. The number of esters is 1. The van der Waals surface area contributed by atoms with Crippen LogP contribution in [-0.4, -0.2) is 196 Å². The lowest BCUT2D eigenvalue weighted by Crippen LogP contribution is -2.64. The Morgan fingerprint density at radius 2 is 1.20 bits per heavy atom. The van der Waals surface area contributed by atoms with E-state index in [0.29, 0.717) is 0 Å². The number of aliphatic hydroxyl groups is 4. The lowest BCUT2D eigenvalue weighted by molar-refractivity contribution is -0.159. The Bertz CT molecular complexity index is 2920. The average Bonchev–Trinajstić information content (AvgIpc) is 0.868. The van der Waals surface area contributed by atoms with Crippen LogP contribution in [0.2, 0.25) is 0 Å². The normalized spacial score (nSPS) is 24.1. The Morgan fingerprint density at radius 1 is 0.649 bits per heavy atom. The molecule has 32 nitrogen and oxygen atoms in total. The molecule has 1 fully saturated rings. The van der Waals surface area contributed by atoms with Crippen LogP contribution in [-0.2, 0) is 68.7 Å². The van der Waals surface area contributed by atoms with Crippen molar-refractivity contribution in [1.29, 1.82) is 0 Å². The summed E-state index contributed by atoms with van der Waals surface area (Å²) in [5.41, 5.74) is 23.3. The van der Waals surface area contributed by atoms with Crippen molar-refractivity contribution in [1.82, 2.24) is 53.2 Å². The maximum absolute atomic E-state index is 15.5. The van der Waals surface area contributed by atoms with E-state index in [1.807, 2.05) is 10.6 Å². The summed E-state index contributed by atoms with van der Waals surface area (Å²) in [7, 11) is 0. The topological polar surface area (TPSA) is 532 Å². The molecular weight excluding hydrogens is 1230 g/mol. The molecule has 2 aromatic rings. The number of ether oxygens (including phenoxy) is 1. The fourth-order valence-corrected chi connectivity index (χ4v) is 9.83. The number of rotatable bonds is 24. The van der Waals surface area contributed by atoms with Gasteiger partial charge in [-0.2, -0.15) is 0 Å². The van der Waals surface area contributed by atoms with Crippen molar-refractivity contribution in [3.63, 3.8) is 0 Å². The lowest BCUT2D eigenvalue weighted by atomic mass is 9.95. The van der Waals surface area contributed by atoms with E-state index in [9.17, 15) is 68.4 Å². The highest BCUT2D eigenvalue weighted by molar-refractivity contribution is 6.00. The van der Waals surface area contributed by atoms with Crippen LogP contribution >= 0.6 is 0 Å². The zero-order valence-corrected chi connectivity index (χ0v) is 54.6. The molecule has 0 spiro atoms. The first-order valence-corrected chi connectivity index (χ1v) is 31.2. The number of nitrogens with one attached hydrogen (secondary N) is 10. The summed E-state index contributed by atoms with van der Waals surface area (Å²) in [6.45, 7) is 11.6. The third-order valence-electron chi connectivity index (χ3n) is 15.4. The van der Waals surface area contributed by atoms with Crippen molar-refractivity contribution in [3.8, 4) is 0 Å². The van der Waals surface area contributed by atoms with E-state index < -0.39 is 181 Å². The lowest BCUT2D eigenvalue weighted by Gasteiger charge is -2.34. The van der Waals surface area contributed by atoms with Crippen molar-refractivity contribution in [2.75, 3.05) is 26.2 Å². The van der Waals surface area contributed by atoms with E-state index in [2.05, 4.69) is 47.5 Å². The van der Waals surface area contributed by atoms with Gasteiger partial charge in [0.15, 0.2) is 24.2 Å². The number of hydrogen-bond acceptors (Lipinski definition) is 19. The smallest absolute Gasteiger partial charge is 0.331 e. The number of nitrogens with zero attached hydrogens (tertiary/aromatic N) is 1. The predicted octanol–water partition coefficient (Wildman–Crippen LogP) is -4.99. The third-order valence-corrected chi connectivity index (χ3v) is 15.4. The molecule has 522 valence electrons. The van der Waals surface area contributed by atoms with Crippen LogP contribution in [0.4, 0.5) is 0 Å². The van der Waals surface area contributed by atoms with Crippen LogP contribution in [0.1, 0.15) is 112 Å². The molecule has 22 N–H and O–H groups in total. The summed E-state index contributed by atoms with van der Waals surface area (Å²) in [6, 6.07) is -0.805. The monoisotopic (exact) mass is 1320 g/mol. The van der Waals surface area contributed by atoms with Crippen LogP contribution in [0.25, 0.3) is 0 Å². The Morgan fingerprint density at radius 3 is 1.74 bits per heavy atom. The van der Waals surface area contributed by atoms with Gasteiger partial charge in [-0.3, -0.25) is 57.7 Å². The number of amides is 11. The molecule has 0 aliphatic carbocycles. The van der Waals surface area contributed by atoms with Gasteiger partial charge in [0.05, 0.1) is 31.3 Å². The highest BCUT2D eigenvalue weighted by Gasteiger charge is 2.44. The summed E-state index contributed by atoms with van der Waals surface area (Å²) in [5, 5.41) is 68.5. The van der Waals surface area contributed by atoms with Gasteiger partial charge in [0, 0.05) is 13.1 Å². The number of benzene rings is 2. The Kier molecular flexibility index (Phi) is 32.9. The van der Waals surface area contributed by atoms with Crippen molar-refractivity contribution in [2.45, 2.75) is 180 Å². The molecule has 94 heavy (non-hydrogen) atoms. The molecule has 11 amide bonds. The van der Waals surface area contributed by atoms with Crippen LogP contribution in [0, 0.1) is 29.6 Å².